The molecule has 164 valence electrons. The number of fused-ring (bicyclic) bond motifs is 1. The van der Waals surface area contributed by atoms with Crippen LogP contribution in [0, 0.1) is 0 Å². The third-order valence-corrected chi connectivity index (χ3v) is 6.97. The molecule has 2 aliphatic rings. The second kappa shape index (κ2) is 9.93. The number of carbonyl (C=O) groups is 1. The minimum Gasteiger partial charge on any atom is -0.385 e. The summed E-state index contributed by atoms with van der Waals surface area (Å²) < 4.78 is 7.09. The molecule has 2 aromatic rings. The van der Waals surface area contributed by atoms with Crippen LogP contribution in [0.3, 0.4) is 0 Å². The molecule has 1 N–H and O–H groups in total. The van der Waals surface area contributed by atoms with Crippen molar-refractivity contribution in [2.45, 2.75) is 44.6 Å². The van der Waals surface area contributed by atoms with E-state index in [0.29, 0.717) is 45.8 Å². The van der Waals surface area contributed by atoms with Crippen LogP contribution in [0.1, 0.15) is 44.1 Å². The van der Waals surface area contributed by atoms with Crippen molar-refractivity contribution in [2.24, 2.45) is 0 Å². The summed E-state index contributed by atoms with van der Waals surface area (Å²) in [6.07, 6.45) is 9.72. The van der Waals surface area contributed by atoms with Gasteiger partial charge < -0.3 is 10.1 Å². The van der Waals surface area contributed by atoms with Gasteiger partial charge >= 0.3 is 0 Å². The summed E-state index contributed by atoms with van der Waals surface area (Å²) in [6.45, 7) is 1.06. The van der Waals surface area contributed by atoms with Crippen molar-refractivity contribution in [3.05, 3.63) is 45.2 Å². The largest absolute Gasteiger partial charge is 0.385 e. The average molecular weight is 459 g/mol. The fraction of sp³-hybridized carbons (Fsp3) is 0.455. The van der Waals surface area contributed by atoms with Crippen molar-refractivity contribution in [1.82, 2.24) is 14.3 Å². The maximum absolute atomic E-state index is 13.3. The second-order valence-electron chi connectivity index (χ2n) is 7.77. The number of carbonyl (C=O) groups excluding carboxylic acids is 1. The number of pyridine rings is 1. The maximum atomic E-state index is 13.3. The molecule has 2 aromatic heterocycles. The standard InChI is InChI=1S/C22H26N4O3S2/c1-29-13-7-12-26-21(28)17(31-22(26)30)14-16-19(23-15-8-3-2-4-9-15)24-18-10-5-6-11-25(18)20(16)27/h5-6,10-11,14-15,23H,2-4,7-9,12-13H2,1H3. The van der Waals surface area contributed by atoms with Gasteiger partial charge in [-0.1, -0.05) is 49.3 Å². The Morgan fingerprint density at radius 1 is 1.29 bits per heavy atom. The minimum atomic E-state index is -0.200. The SMILES string of the molecule is COCCCN1C(=O)C(=Cc2c(NC3CCCCC3)nc3ccccn3c2=O)SC1=S. The van der Waals surface area contributed by atoms with Crippen LogP contribution < -0.4 is 10.9 Å². The summed E-state index contributed by atoms with van der Waals surface area (Å²) in [5, 5.41) is 3.48. The van der Waals surface area contributed by atoms with Gasteiger partial charge in [0.2, 0.25) is 0 Å². The van der Waals surface area contributed by atoms with E-state index in [4.69, 9.17) is 21.9 Å². The van der Waals surface area contributed by atoms with E-state index in [-0.39, 0.29) is 17.5 Å². The van der Waals surface area contributed by atoms with Crippen molar-refractivity contribution in [2.75, 3.05) is 25.6 Å². The molecule has 0 spiro atoms. The van der Waals surface area contributed by atoms with E-state index in [9.17, 15) is 9.59 Å². The van der Waals surface area contributed by atoms with Crippen molar-refractivity contribution < 1.29 is 9.53 Å². The van der Waals surface area contributed by atoms with E-state index in [1.54, 1.807) is 30.3 Å². The molecule has 1 amide bonds. The number of nitrogens with zero attached hydrogens (tertiary/aromatic N) is 3. The molecule has 31 heavy (non-hydrogen) atoms. The topological polar surface area (TPSA) is 75.9 Å². The van der Waals surface area contributed by atoms with Gasteiger partial charge in [-0.25, -0.2) is 4.98 Å². The second-order valence-corrected chi connectivity index (χ2v) is 9.44. The predicted octanol–water partition coefficient (Wildman–Crippen LogP) is 3.68. The Hall–Kier alpha value is -2.23. The number of hydrogen-bond donors (Lipinski definition) is 1. The Morgan fingerprint density at radius 3 is 2.87 bits per heavy atom. The van der Waals surface area contributed by atoms with E-state index in [2.05, 4.69) is 5.32 Å². The van der Waals surface area contributed by atoms with Gasteiger partial charge in [-0.15, -0.1) is 0 Å². The number of rotatable bonds is 7. The molecule has 3 heterocycles. The van der Waals surface area contributed by atoms with Gasteiger partial charge in [0.1, 0.15) is 15.8 Å². The van der Waals surface area contributed by atoms with Crippen LogP contribution in [0.2, 0.25) is 0 Å². The summed E-state index contributed by atoms with van der Waals surface area (Å²) in [7, 11) is 1.63. The van der Waals surface area contributed by atoms with Crippen molar-refractivity contribution in [1.29, 1.82) is 0 Å². The molecule has 1 saturated heterocycles. The number of thioether (sulfide) groups is 1. The molecule has 4 rings (SSSR count). The van der Waals surface area contributed by atoms with Gasteiger partial charge in [-0.3, -0.25) is 18.9 Å². The van der Waals surface area contributed by atoms with Crippen LogP contribution in [-0.2, 0) is 9.53 Å². The molecular formula is C22H26N4O3S2. The third kappa shape index (κ3) is 4.83. The van der Waals surface area contributed by atoms with Gasteiger partial charge in [-0.05, 0) is 37.5 Å². The molecule has 1 saturated carbocycles. The van der Waals surface area contributed by atoms with Gasteiger partial charge in [0, 0.05) is 32.5 Å². The quantitative estimate of drug-likeness (QED) is 0.385. The Balaban J connectivity index is 1.70. The summed E-state index contributed by atoms with van der Waals surface area (Å²) >= 11 is 6.63. The van der Waals surface area contributed by atoms with Crippen LogP contribution >= 0.6 is 24.0 Å². The molecule has 9 heteroatoms. The van der Waals surface area contributed by atoms with Crippen LogP contribution in [-0.4, -0.2) is 50.8 Å². The number of thiocarbonyl (C=S) groups is 1. The summed E-state index contributed by atoms with van der Waals surface area (Å²) in [5.74, 6) is 0.361. The zero-order valence-corrected chi connectivity index (χ0v) is 19.1. The van der Waals surface area contributed by atoms with E-state index < -0.39 is 0 Å². The first-order valence-electron chi connectivity index (χ1n) is 10.6. The number of nitrogens with one attached hydrogen (secondary N) is 1. The lowest BCUT2D eigenvalue weighted by molar-refractivity contribution is -0.122. The molecule has 2 fully saturated rings. The lowest BCUT2D eigenvalue weighted by Crippen LogP contribution is -2.30. The first-order valence-corrected chi connectivity index (χ1v) is 11.8. The van der Waals surface area contributed by atoms with E-state index >= 15 is 0 Å². The molecule has 0 atom stereocenters. The van der Waals surface area contributed by atoms with Crippen LogP contribution in [0.25, 0.3) is 11.7 Å². The maximum Gasteiger partial charge on any atom is 0.267 e. The zero-order chi connectivity index (χ0) is 21.8. The average Bonchev–Trinajstić information content (AvgIpc) is 3.04. The fourth-order valence-electron chi connectivity index (χ4n) is 3.97. The van der Waals surface area contributed by atoms with Crippen LogP contribution in [0.15, 0.2) is 34.1 Å². The number of aromatic nitrogens is 2. The first kappa shape index (κ1) is 22.0. The monoisotopic (exact) mass is 458 g/mol. The van der Waals surface area contributed by atoms with Crippen molar-refractivity contribution in [3.8, 4) is 0 Å². The molecular weight excluding hydrogens is 432 g/mol. The lowest BCUT2D eigenvalue weighted by Gasteiger charge is -2.24. The highest BCUT2D eigenvalue weighted by Gasteiger charge is 2.32. The van der Waals surface area contributed by atoms with E-state index in [1.165, 1.54) is 35.4 Å². The molecule has 0 unspecified atom stereocenters. The number of anilines is 1. The van der Waals surface area contributed by atoms with Gasteiger partial charge in [-0.2, -0.15) is 0 Å². The van der Waals surface area contributed by atoms with Crippen LogP contribution in [0.4, 0.5) is 5.82 Å². The van der Waals surface area contributed by atoms with Crippen LogP contribution in [0.5, 0.6) is 0 Å². The van der Waals surface area contributed by atoms with Crippen molar-refractivity contribution in [3.63, 3.8) is 0 Å². The Bertz CT molecular complexity index is 1080. The molecule has 7 nitrogen and oxygen atoms in total. The number of methoxy groups -OCH3 is 1. The van der Waals surface area contributed by atoms with Gasteiger partial charge in [0.15, 0.2) is 0 Å². The molecule has 0 aromatic carbocycles. The van der Waals surface area contributed by atoms with E-state index in [1.807, 2.05) is 12.1 Å². The van der Waals surface area contributed by atoms with E-state index in [0.717, 1.165) is 12.8 Å². The highest BCUT2D eigenvalue weighted by molar-refractivity contribution is 8.26. The molecule has 1 aliphatic carbocycles. The molecule has 1 aliphatic heterocycles. The van der Waals surface area contributed by atoms with Gasteiger partial charge in [0.05, 0.1) is 10.5 Å². The zero-order valence-electron chi connectivity index (χ0n) is 17.5. The third-order valence-electron chi connectivity index (χ3n) is 5.59. The Labute approximate surface area is 190 Å². The minimum absolute atomic E-state index is 0.174. The smallest absolute Gasteiger partial charge is 0.267 e. The lowest BCUT2D eigenvalue weighted by atomic mass is 9.95. The summed E-state index contributed by atoms with van der Waals surface area (Å²) in [6, 6.07) is 5.75. The number of hydrogen-bond acceptors (Lipinski definition) is 7. The molecule has 0 radical (unpaired) electrons. The number of amides is 1. The number of ether oxygens (including phenoxy) is 1. The molecule has 0 bridgehead atoms. The highest BCUT2D eigenvalue weighted by atomic mass is 32.2. The fourth-order valence-corrected chi connectivity index (χ4v) is 5.26. The normalized spacial score (nSPS) is 19.0. The Kier molecular flexibility index (Phi) is 7.04. The van der Waals surface area contributed by atoms with Crippen molar-refractivity contribution >= 4 is 51.7 Å². The Morgan fingerprint density at radius 2 is 2.10 bits per heavy atom. The highest BCUT2D eigenvalue weighted by Crippen LogP contribution is 2.33. The first-order chi connectivity index (χ1) is 15.1. The summed E-state index contributed by atoms with van der Waals surface area (Å²) in [4.78, 5) is 33.0. The summed E-state index contributed by atoms with van der Waals surface area (Å²) in [5.41, 5.74) is 0.773. The predicted molar refractivity (Wildman–Crippen MR) is 128 cm³/mol. The van der Waals surface area contributed by atoms with Gasteiger partial charge in [0.25, 0.3) is 11.5 Å².